The first-order valence-corrected chi connectivity index (χ1v) is 9.34. The number of nitrogens with one attached hydrogen (secondary N) is 2. The van der Waals surface area contributed by atoms with Crippen LogP contribution in [0.5, 0.6) is 5.75 Å². The predicted octanol–water partition coefficient (Wildman–Crippen LogP) is 2.40. The number of benzene rings is 1. The third-order valence-corrected chi connectivity index (χ3v) is 4.22. The standard InChI is InChI=1S/C19H28F2N4O2/c1-3-18(26)25-9-8-15(12-25)24-19(22-4-2)23-11-14-6-5-7-16(10-14)27-13-17(20)21/h5-7,10,15,17H,3-4,8-9,11-13H2,1-2H3,(H2,22,23,24). The molecule has 1 unspecified atom stereocenters. The molecule has 0 saturated carbocycles. The lowest BCUT2D eigenvalue weighted by Crippen LogP contribution is -2.45. The van der Waals surface area contributed by atoms with Gasteiger partial charge in [-0.2, -0.15) is 0 Å². The van der Waals surface area contributed by atoms with Gasteiger partial charge in [-0.05, 0) is 31.0 Å². The smallest absolute Gasteiger partial charge is 0.272 e. The molecule has 8 heteroatoms. The Morgan fingerprint density at radius 1 is 1.41 bits per heavy atom. The van der Waals surface area contributed by atoms with Gasteiger partial charge in [-0.15, -0.1) is 0 Å². The van der Waals surface area contributed by atoms with E-state index in [2.05, 4.69) is 15.6 Å². The molecule has 1 saturated heterocycles. The fourth-order valence-corrected chi connectivity index (χ4v) is 2.90. The highest BCUT2D eigenvalue weighted by Crippen LogP contribution is 2.15. The lowest BCUT2D eigenvalue weighted by Gasteiger charge is -2.18. The van der Waals surface area contributed by atoms with Gasteiger partial charge in [0.2, 0.25) is 5.91 Å². The van der Waals surface area contributed by atoms with Crippen LogP contribution in [-0.4, -0.2) is 55.5 Å². The van der Waals surface area contributed by atoms with Crippen molar-refractivity contribution in [2.45, 2.75) is 45.7 Å². The van der Waals surface area contributed by atoms with Crippen LogP contribution in [0.2, 0.25) is 0 Å². The third kappa shape index (κ3) is 7.03. The normalized spacial score (nSPS) is 17.3. The maximum Gasteiger partial charge on any atom is 0.272 e. The Labute approximate surface area is 159 Å². The second-order valence-electron chi connectivity index (χ2n) is 6.37. The van der Waals surface area contributed by atoms with Gasteiger partial charge in [0.05, 0.1) is 6.54 Å². The molecule has 1 atom stereocenters. The molecular weight excluding hydrogens is 354 g/mol. The Balaban J connectivity index is 1.93. The molecule has 0 bridgehead atoms. The first-order valence-electron chi connectivity index (χ1n) is 9.34. The van der Waals surface area contributed by atoms with E-state index in [1.54, 1.807) is 18.2 Å². The van der Waals surface area contributed by atoms with Gasteiger partial charge in [0, 0.05) is 32.1 Å². The number of alkyl halides is 2. The summed E-state index contributed by atoms with van der Waals surface area (Å²) < 4.78 is 29.6. The summed E-state index contributed by atoms with van der Waals surface area (Å²) in [6, 6.07) is 7.17. The van der Waals surface area contributed by atoms with Gasteiger partial charge in [0.1, 0.15) is 12.4 Å². The minimum absolute atomic E-state index is 0.166. The second-order valence-corrected chi connectivity index (χ2v) is 6.37. The average molecular weight is 382 g/mol. The second kappa shape index (κ2) is 10.7. The zero-order valence-corrected chi connectivity index (χ0v) is 15.9. The van der Waals surface area contributed by atoms with Gasteiger partial charge >= 0.3 is 0 Å². The topological polar surface area (TPSA) is 66.0 Å². The summed E-state index contributed by atoms with van der Waals surface area (Å²) in [5.41, 5.74) is 0.869. The molecule has 1 aliphatic heterocycles. The molecule has 1 aliphatic rings. The average Bonchev–Trinajstić information content (AvgIpc) is 3.13. The fourth-order valence-electron chi connectivity index (χ4n) is 2.90. The molecule has 0 spiro atoms. The number of aliphatic imine (C=N–C) groups is 1. The van der Waals surface area contributed by atoms with E-state index in [4.69, 9.17) is 4.74 Å². The molecule has 2 N–H and O–H groups in total. The summed E-state index contributed by atoms with van der Waals surface area (Å²) in [7, 11) is 0. The van der Waals surface area contributed by atoms with Crippen LogP contribution in [-0.2, 0) is 11.3 Å². The molecule has 0 aliphatic carbocycles. The molecule has 0 radical (unpaired) electrons. The Morgan fingerprint density at radius 3 is 2.93 bits per heavy atom. The van der Waals surface area contributed by atoms with Crippen molar-refractivity contribution in [3.63, 3.8) is 0 Å². The van der Waals surface area contributed by atoms with Crippen molar-refractivity contribution >= 4 is 11.9 Å². The van der Waals surface area contributed by atoms with Crippen molar-refractivity contribution in [3.8, 4) is 5.75 Å². The summed E-state index contributed by atoms with van der Waals surface area (Å²) in [6.45, 7) is 5.78. The Morgan fingerprint density at radius 2 is 2.22 bits per heavy atom. The number of hydrogen-bond donors (Lipinski definition) is 2. The highest BCUT2D eigenvalue weighted by Gasteiger charge is 2.25. The SMILES string of the molecule is CCNC(=NCc1cccc(OCC(F)F)c1)NC1CCN(C(=O)CC)C1. The van der Waals surface area contributed by atoms with E-state index in [1.807, 2.05) is 24.8 Å². The Hall–Kier alpha value is -2.38. The van der Waals surface area contributed by atoms with Crippen LogP contribution < -0.4 is 15.4 Å². The van der Waals surface area contributed by atoms with Crippen molar-refractivity contribution in [1.82, 2.24) is 15.5 Å². The lowest BCUT2D eigenvalue weighted by molar-refractivity contribution is -0.129. The lowest BCUT2D eigenvalue weighted by atomic mass is 10.2. The molecular formula is C19H28F2N4O2. The molecule has 6 nitrogen and oxygen atoms in total. The summed E-state index contributed by atoms with van der Waals surface area (Å²) in [6.07, 6.45) is -1.10. The van der Waals surface area contributed by atoms with Crippen LogP contribution in [0.1, 0.15) is 32.3 Å². The Kier molecular flexibility index (Phi) is 8.29. The molecule has 27 heavy (non-hydrogen) atoms. The van der Waals surface area contributed by atoms with Gasteiger partial charge in [-0.3, -0.25) is 4.79 Å². The van der Waals surface area contributed by atoms with Crippen LogP contribution in [0.4, 0.5) is 8.78 Å². The highest BCUT2D eigenvalue weighted by atomic mass is 19.3. The number of rotatable bonds is 8. The van der Waals surface area contributed by atoms with Crippen molar-refractivity contribution in [3.05, 3.63) is 29.8 Å². The fraction of sp³-hybridized carbons (Fsp3) is 0.579. The zero-order chi connectivity index (χ0) is 19.6. The Bertz CT molecular complexity index is 640. The van der Waals surface area contributed by atoms with Crippen LogP contribution in [0.15, 0.2) is 29.3 Å². The molecule has 0 aromatic heterocycles. The molecule has 1 fully saturated rings. The van der Waals surface area contributed by atoms with Crippen LogP contribution in [0, 0.1) is 0 Å². The number of carbonyl (C=O) groups excluding carboxylic acids is 1. The van der Waals surface area contributed by atoms with Crippen molar-refractivity contribution in [2.24, 2.45) is 4.99 Å². The maximum absolute atomic E-state index is 12.3. The number of ether oxygens (including phenoxy) is 1. The van der Waals surface area contributed by atoms with Gasteiger partial charge in [-0.1, -0.05) is 19.1 Å². The van der Waals surface area contributed by atoms with Crippen molar-refractivity contribution < 1.29 is 18.3 Å². The van der Waals surface area contributed by atoms with E-state index in [0.717, 1.165) is 18.5 Å². The van der Waals surface area contributed by atoms with E-state index in [-0.39, 0.29) is 11.9 Å². The quantitative estimate of drug-likeness (QED) is 0.535. The zero-order valence-electron chi connectivity index (χ0n) is 15.9. The molecule has 2 rings (SSSR count). The van der Waals surface area contributed by atoms with Gasteiger partial charge in [0.25, 0.3) is 6.43 Å². The largest absolute Gasteiger partial charge is 0.488 e. The van der Waals surface area contributed by atoms with Crippen LogP contribution in [0.25, 0.3) is 0 Å². The number of carbonyl (C=O) groups is 1. The number of guanidine groups is 1. The van der Waals surface area contributed by atoms with Crippen molar-refractivity contribution in [2.75, 3.05) is 26.2 Å². The third-order valence-electron chi connectivity index (χ3n) is 4.22. The van der Waals surface area contributed by atoms with Gasteiger partial charge in [0.15, 0.2) is 5.96 Å². The number of likely N-dealkylation sites (tertiary alicyclic amines) is 1. The van der Waals surface area contributed by atoms with Crippen molar-refractivity contribution in [1.29, 1.82) is 0 Å². The first kappa shape index (κ1) is 20.9. The number of hydrogen-bond acceptors (Lipinski definition) is 3. The van der Waals surface area contributed by atoms with E-state index in [0.29, 0.717) is 37.8 Å². The number of nitrogens with zero attached hydrogens (tertiary/aromatic N) is 2. The molecule has 1 aromatic rings. The molecule has 1 heterocycles. The molecule has 1 amide bonds. The summed E-state index contributed by atoms with van der Waals surface area (Å²) >= 11 is 0. The molecule has 1 aromatic carbocycles. The minimum atomic E-state index is -2.50. The predicted molar refractivity (Wildman–Crippen MR) is 101 cm³/mol. The van der Waals surface area contributed by atoms with Crippen LogP contribution >= 0.6 is 0 Å². The maximum atomic E-state index is 12.3. The summed E-state index contributed by atoms with van der Waals surface area (Å²) in [5, 5.41) is 6.56. The van der Waals surface area contributed by atoms with E-state index in [1.165, 1.54) is 0 Å². The first-order chi connectivity index (χ1) is 13.0. The monoisotopic (exact) mass is 382 g/mol. The van der Waals surface area contributed by atoms with E-state index < -0.39 is 13.0 Å². The molecule has 150 valence electrons. The summed E-state index contributed by atoms with van der Waals surface area (Å²) in [4.78, 5) is 18.2. The van der Waals surface area contributed by atoms with Gasteiger partial charge in [-0.25, -0.2) is 13.8 Å². The number of halogens is 2. The summed E-state index contributed by atoms with van der Waals surface area (Å²) in [5.74, 6) is 1.25. The van der Waals surface area contributed by atoms with E-state index >= 15 is 0 Å². The minimum Gasteiger partial charge on any atom is -0.488 e. The van der Waals surface area contributed by atoms with Gasteiger partial charge < -0.3 is 20.3 Å². The van der Waals surface area contributed by atoms with E-state index in [9.17, 15) is 13.6 Å². The number of amides is 1. The van der Waals surface area contributed by atoms with Crippen LogP contribution in [0.3, 0.4) is 0 Å². The highest BCUT2D eigenvalue weighted by molar-refractivity contribution is 5.80.